The largest absolute Gasteiger partial charge is 0.496 e. The molecule has 5 aromatic rings. The van der Waals surface area contributed by atoms with Crippen LogP contribution < -0.4 is 15.8 Å². The number of nitrogens with one attached hydrogen (secondary N) is 1. The van der Waals surface area contributed by atoms with Crippen LogP contribution in [0.3, 0.4) is 0 Å². The molecule has 3 N–H and O–H groups in total. The number of nitrogens with two attached hydrogens (primary N) is 1. The van der Waals surface area contributed by atoms with E-state index in [1.165, 1.54) is 0 Å². The van der Waals surface area contributed by atoms with Crippen LogP contribution in [0.15, 0.2) is 72.8 Å². The van der Waals surface area contributed by atoms with Crippen molar-refractivity contribution in [2.45, 2.75) is 0 Å². The first kappa shape index (κ1) is 18.6. The van der Waals surface area contributed by atoms with Gasteiger partial charge in [0.15, 0.2) is 17.3 Å². The van der Waals surface area contributed by atoms with E-state index in [1.54, 1.807) is 35.9 Å². The van der Waals surface area contributed by atoms with Gasteiger partial charge in [0.25, 0.3) is 0 Å². The van der Waals surface area contributed by atoms with Crippen LogP contribution >= 0.6 is 0 Å². The topological polar surface area (TPSA) is 107 Å². The Morgan fingerprint density at radius 1 is 0.935 bits per heavy atom. The van der Waals surface area contributed by atoms with Crippen LogP contribution in [0, 0.1) is 0 Å². The Balaban J connectivity index is 1.69. The van der Waals surface area contributed by atoms with E-state index < -0.39 is 5.91 Å². The molecule has 0 saturated carbocycles. The third-order valence-electron chi connectivity index (χ3n) is 5.04. The van der Waals surface area contributed by atoms with Crippen molar-refractivity contribution in [3.63, 3.8) is 0 Å². The first-order valence-corrected chi connectivity index (χ1v) is 9.60. The Morgan fingerprint density at radius 3 is 2.39 bits per heavy atom. The number of hydrogen-bond acceptors (Lipinski definition) is 6. The molecule has 3 aromatic carbocycles. The van der Waals surface area contributed by atoms with Gasteiger partial charge in [-0.1, -0.05) is 36.4 Å². The summed E-state index contributed by atoms with van der Waals surface area (Å²) in [5.74, 6) is 1.42. The number of methoxy groups -OCH3 is 1. The van der Waals surface area contributed by atoms with Gasteiger partial charge in [0.05, 0.1) is 12.7 Å². The maximum absolute atomic E-state index is 11.3. The lowest BCUT2D eigenvalue weighted by Crippen LogP contribution is -2.10. The first-order chi connectivity index (χ1) is 15.2. The highest BCUT2D eigenvalue weighted by atomic mass is 16.5. The zero-order valence-corrected chi connectivity index (χ0v) is 16.6. The van der Waals surface area contributed by atoms with Gasteiger partial charge < -0.3 is 15.8 Å². The second-order valence-electron chi connectivity index (χ2n) is 6.92. The second kappa shape index (κ2) is 7.42. The maximum atomic E-state index is 11.3. The number of anilines is 2. The summed E-state index contributed by atoms with van der Waals surface area (Å²) in [7, 11) is 1.62. The van der Waals surface area contributed by atoms with Crippen LogP contribution in [0.1, 0.15) is 10.4 Å². The zero-order chi connectivity index (χ0) is 21.4. The van der Waals surface area contributed by atoms with E-state index in [9.17, 15) is 4.79 Å². The van der Waals surface area contributed by atoms with Crippen LogP contribution in [-0.2, 0) is 0 Å². The summed E-state index contributed by atoms with van der Waals surface area (Å²) >= 11 is 0. The quantitative estimate of drug-likeness (QED) is 0.456. The summed E-state index contributed by atoms with van der Waals surface area (Å²) in [6.07, 6.45) is 0. The maximum Gasteiger partial charge on any atom is 0.248 e. The number of benzene rings is 3. The highest BCUT2D eigenvalue weighted by Gasteiger charge is 2.18. The molecule has 2 heterocycles. The molecule has 1 amide bonds. The monoisotopic (exact) mass is 410 g/mol. The van der Waals surface area contributed by atoms with Gasteiger partial charge in [0, 0.05) is 22.0 Å². The van der Waals surface area contributed by atoms with Gasteiger partial charge in [-0.25, -0.2) is 0 Å². The Morgan fingerprint density at radius 2 is 1.65 bits per heavy atom. The summed E-state index contributed by atoms with van der Waals surface area (Å²) in [4.78, 5) is 11.3. The van der Waals surface area contributed by atoms with Gasteiger partial charge in [-0.3, -0.25) is 4.79 Å². The molecule has 31 heavy (non-hydrogen) atoms. The molecule has 0 aliphatic heterocycles. The SMILES string of the molecule is COc1ccccc1-c1nnc2c3ccccc3c(Nc3ccc(C(N)=O)cc3)nn12. The average Bonchev–Trinajstić information content (AvgIpc) is 3.23. The number of amides is 1. The molecule has 0 fully saturated rings. The highest BCUT2D eigenvalue weighted by molar-refractivity contribution is 6.01. The molecule has 0 bridgehead atoms. The molecule has 0 atom stereocenters. The van der Waals surface area contributed by atoms with Crippen LogP contribution in [0.5, 0.6) is 5.75 Å². The summed E-state index contributed by atoms with van der Waals surface area (Å²) < 4.78 is 7.21. The molecule has 8 heteroatoms. The smallest absolute Gasteiger partial charge is 0.248 e. The molecular formula is C23H18N6O2. The van der Waals surface area contributed by atoms with Gasteiger partial charge in [0.1, 0.15) is 5.75 Å². The van der Waals surface area contributed by atoms with Gasteiger partial charge >= 0.3 is 0 Å². The van der Waals surface area contributed by atoms with Crippen molar-refractivity contribution in [1.82, 2.24) is 19.8 Å². The summed E-state index contributed by atoms with van der Waals surface area (Å²) in [5, 5.41) is 18.7. The number of carbonyl (C=O) groups excluding carboxylic acids is 1. The Hall–Kier alpha value is -4.46. The molecule has 0 spiro atoms. The van der Waals surface area contributed by atoms with Gasteiger partial charge in [0.2, 0.25) is 5.91 Å². The first-order valence-electron chi connectivity index (χ1n) is 9.60. The van der Waals surface area contributed by atoms with Gasteiger partial charge in [-0.05, 0) is 36.4 Å². The fraction of sp³-hybridized carbons (Fsp3) is 0.0435. The van der Waals surface area contributed by atoms with Crippen molar-refractivity contribution in [1.29, 1.82) is 0 Å². The van der Waals surface area contributed by atoms with Crippen molar-refractivity contribution in [3.8, 4) is 17.1 Å². The van der Waals surface area contributed by atoms with E-state index in [0.717, 1.165) is 22.0 Å². The van der Waals surface area contributed by atoms with E-state index >= 15 is 0 Å². The molecule has 0 unspecified atom stereocenters. The van der Waals surface area contributed by atoms with E-state index in [4.69, 9.17) is 15.6 Å². The number of carbonyl (C=O) groups is 1. The van der Waals surface area contributed by atoms with Crippen LogP contribution in [0.25, 0.3) is 27.8 Å². The summed E-state index contributed by atoms with van der Waals surface area (Å²) in [6.45, 7) is 0. The third-order valence-corrected chi connectivity index (χ3v) is 5.04. The van der Waals surface area contributed by atoms with E-state index in [-0.39, 0.29) is 0 Å². The molecule has 152 valence electrons. The minimum absolute atomic E-state index is 0.441. The Kier molecular flexibility index (Phi) is 4.44. The number of aromatic nitrogens is 4. The van der Waals surface area contributed by atoms with E-state index in [1.807, 2.05) is 48.5 Å². The van der Waals surface area contributed by atoms with Crippen molar-refractivity contribution >= 4 is 33.8 Å². The van der Waals surface area contributed by atoms with Gasteiger partial charge in [-0.2, -0.15) is 4.52 Å². The Labute approximate surface area is 177 Å². The van der Waals surface area contributed by atoms with Crippen LogP contribution in [0.2, 0.25) is 0 Å². The number of hydrogen-bond donors (Lipinski definition) is 2. The fourth-order valence-electron chi connectivity index (χ4n) is 3.53. The number of ether oxygens (including phenoxy) is 1. The van der Waals surface area contributed by atoms with Crippen molar-refractivity contribution in [3.05, 3.63) is 78.4 Å². The van der Waals surface area contributed by atoms with Gasteiger partial charge in [-0.15, -0.1) is 15.3 Å². The zero-order valence-electron chi connectivity index (χ0n) is 16.6. The highest BCUT2D eigenvalue weighted by Crippen LogP contribution is 2.32. The minimum Gasteiger partial charge on any atom is -0.496 e. The summed E-state index contributed by atoms with van der Waals surface area (Å²) in [5.41, 5.74) is 7.98. The van der Waals surface area contributed by atoms with E-state index in [0.29, 0.717) is 28.6 Å². The van der Waals surface area contributed by atoms with Crippen molar-refractivity contribution in [2.24, 2.45) is 5.73 Å². The number of primary amides is 1. The molecule has 8 nitrogen and oxygen atoms in total. The minimum atomic E-state index is -0.470. The molecule has 0 saturated heterocycles. The average molecular weight is 410 g/mol. The van der Waals surface area contributed by atoms with Crippen molar-refractivity contribution in [2.75, 3.05) is 12.4 Å². The molecule has 5 rings (SSSR count). The number of fused-ring (bicyclic) bond motifs is 3. The third kappa shape index (κ3) is 3.20. The molecule has 2 aromatic heterocycles. The molecule has 0 aliphatic carbocycles. The predicted molar refractivity (Wildman–Crippen MR) is 119 cm³/mol. The second-order valence-corrected chi connectivity index (χ2v) is 6.92. The lowest BCUT2D eigenvalue weighted by molar-refractivity contribution is 0.100. The lowest BCUT2D eigenvalue weighted by atomic mass is 10.1. The predicted octanol–water partition coefficient (Wildman–Crippen LogP) is 3.80. The Bertz CT molecular complexity index is 1430. The van der Waals surface area contributed by atoms with E-state index in [2.05, 4.69) is 15.5 Å². The normalized spacial score (nSPS) is 11.0. The molecule has 0 aliphatic rings. The summed E-state index contributed by atoms with van der Waals surface area (Å²) in [6, 6.07) is 22.4. The van der Waals surface area contributed by atoms with Crippen LogP contribution in [0.4, 0.5) is 11.5 Å². The van der Waals surface area contributed by atoms with Crippen molar-refractivity contribution < 1.29 is 9.53 Å². The van der Waals surface area contributed by atoms with Crippen LogP contribution in [-0.4, -0.2) is 32.8 Å². The fourth-order valence-corrected chi connectivity index (χ4v) is 3.53. The molecule has 0 radical (unpaired) electrons. The number of para-hydroxylation sites is 1. The standard InChI is InChI=1S/C23H18N6O2/c1-31-19-9-5-4-8-18(19)23-27-26-22-17-7-3-2-6-16(17)21(28-29(22)23)25-15-12-10-14(11-13-15)20(24)30/h2-13H,1H3,(H2,24,30)(H,25,28). The number of rotatable bonds is 5. The number of nitrogens with zero attached hydrogens (tertiary/aromatic N) is 4. The lowest BCUT2D eigenvalue weighted by Gasteiger charge is -2.11. The molecular weight excluding hydrogens is 392 g/mol.